The first-order valence-electron chi connectivity index (χ1n) is 3.86. The van der Waals surface area contributed by atoms with Crippen molar-refractivity contribution >= 4 is 27.5 Å². The van der Waals surface area contributed by atoms with Crippen LogP contribution in [0.2, 0.25) is 0 Å². The lowest BCUT2D eigenvalue weighted by Crippen LogP contribution is -2.20. The van der Waals surface area contributed by atoms with Crippen LogP contribution in [0.5, 0.6) is 0 Å². The fraction of sp³-hybridized carbons (Fsp3) is 0.222. The predicted octanol–water partition coefficient (Wildman–Crippen LogP) is 2.96. The van der Waals surface area contributed by atoms with Gasteiger partial charge in [0.2, 0.25) is 0 Å². The Morgan fingerprint density at radius 1 is 1.50 bits per heavy atom. The first-order valence-corrected chi connectivity index (χ1v) is 4.65. The third-order valence-corrected chi connectivity index (χ3v) is 2.14. The summed E-state index contributed by atoms with van der Waals surface area (Å²) >= 11 is 3.23. The van der Waals surface area contributed by atoms with Gasteiger partial charge in [-0.05, 0) is 30.7 Å². The normalized spacial score (nSPS) is 10.4. The Labute approximate surface area is 88.4 Å². The van der Waals surface area contributed by atoms with Gasteiger partial charge in [0.05, 0.1) is 0 Å². The molecular formula is C9H8BrF2NO. The highest BCUT2D eigenvalue weighted by Crippen LogP contribution is 2.20. The van der Waals surface area contributed by atoms with Crippen LogP contribution in [-0.2, 0) is 4.79 Å². The first kappa shape index (κ1) is 11.1. The van der Waals surface area contributed by atoms with Crippen molar-refractivity contribution in [3.8, 4) is 0 Å². The zero-order chi connectivity index (χ0) is 10.7. The van der Waals surface area contributed by atoms with Gasteiger partial charge in [0.15, 0.2) is 0 Å². The molecule has 1 aromatic carbocycles. The van der Waals surface area contributed by atoms with Crippen molar-refractivity contribution in [3.63, 3.8) is 0 Å². The number of hydrogen-bond acceptors (Lipinski definition) is 1. The van der Waals surface area contributed by atoms with E-state index in [9.17, 15) is 13.6 Å². The molecular weight excluding hydrogens is 256 g/mol. The molecule has 0 unspecified atom stereocenters. The third kappa shape index (κ3) is 2.77. The standard InChI is InChI=1S/C9H8BrF2NO/c1-5-4-6(10)2-3-7(5)13-9(14)8(11)12/h2-4,8H,1H3,(H,13,14). The van der Waals surface area contributed by atoms with Gasteiger partial charge in [-0.15, -0.1) is 0 Å². The first-order chi connectivity index (χ1) is 6.50. The molecule has 0 fully saturated rings. The van der Waals surface area contributed by atoms with Crippen molar-refractivity contribution in [1.82, 2.24) is 0 Å². The monoisotopic (exact) mass is 263 g/mol. The molecule has 14 heavy (non-hydrogen) atoms. The van der Waals surface area contributed by atoms with Gasteiger partial charge in [-0.3, -0.25) is 4.79 Å². The second-order valence-electron chi connectivity index (χ2n) is 2.75. The summed E-state index contributed by atoms with van der Waals surface area (Å²) in [6.07, 6.45) is -2.99. The number of alkyl halides is 2. The van der Waals surface area contributed by atoms with Gasteiger partial charge < -0.3 is 5.32 Å². The Kier molecular flexibility index (Phi) is 3.57. The molecule has 0 bridgehead atoms. The van der Waals surface area contributed by atoms with Crippen molar-refractivity contribution in [3.05, 3.63) is 28.2 Å². The number of nitrogens with one attached hydrogen (secondary N) is 1. The van der Waals surface area contributed by atoms with E-state index < -0.39 is 12.3 Å². The Morgan fingerprint density at radius 3 is 2.64 bits per heavy atom. The molecule has 0 aliphatic rings. The Bertz CT molecular complexity index is 355. The van der Waals surface area contributed by atoms with Crippen LogP contribution in [0, 0.1) is 6.92 Å². The number of halogens is 3. The summed E-state index contributed by atoms with van der Waals surface area (Å²) in [5, 5.41) is 2.13. The van der Waals surface area contributed by atoms with Crippen LogP contribution in [0.4, 0.5) is 14.5 Å². The fourth-order valence-electron chi connectivity index (χ4n) is 0.955. The molecule has 0 aliphatic carbocycles. The maximum atomic E-state index is 11.9. The van der Waals surface area contributed by atoms with Gasteiger partial charge in [0.25, 0.3) is 5.91 Å². The maximum Gasteiger partial charge on any atom is 0.315 e. The zero-order valence-corrected chi connectivity index (χ0v) is 8.94. The molecule has 0 aliphatic heterocycles. The van der Waals surface area contributed by atoms with Crippen LogP contribution in [0.25, 0.3) is 0 Å². The van der Waals surface area contributed by atoms with Crippen LogP contribution in [0.1, 0.15) is 5.56 Å². The number of carbonyl (C=O) groups excluding carboxylic acids is 1. The lowest BCUT2D eigenvalue weighted by molar-refractivity contribution is -0.126. The van der Waals surface area contributed by atoms with E-state index in [0.29, 0.717) is 5.69 Å². The molecule has 2 nitrogen and oxygen atoms in total. The van der Waals surface area contributed by atoms with Crippen LogP contribution < -0.4 is 5.32 Å². The van der Waals surface area contributed by atoms with E-state index in [0.717, 1.165) is 10.0 Å². The van der Waals surface area contributed by atoms with Gasteiger partial charge in [-0.2, -0.15) is 8.78 Å². The average molecular weight is 264 g/mol. The summed E-state index contributed by atoms with van der Waals surface area (Å²) in [5.74, 6) is -1.28. The van der Waals surface area contributed by atoms with E-state index >= 15 is 0 Å². The summed E-state index contributed by atoms with van der Waals surface area (Å²) in [5.41, 5.74) is 1.13. The van der Waals surface area contributed by atoms with Gasteiger partial charge in [-0.1, -0.05) is 15.9 Å². The van der Waals surface area contributed by atoms with Crippen molar-refractivity contribution < 1.29 is 13.6 Å². The number of rotatable bonds is 2. The molecule has 1 aromatic rings. The van der Waals surface area contributed by atoms with Crippen molar-refractivity contribution in [1.29, 1.82) is 0 Å². The van der Waals surface area contributed by atoms with Crippen LogP contribution in [0.3, 0.4) is 0 Å². The fourth-order valence-corrected chi connectivity index (χ4v) is 1.43. The summed E-state index contributed by atoms with van der Waals surface area (Å²) in [6, 6.07) is 4.98. The highest BCUT2D eigenvalue weighted by molar-refractivity contribution is 9.10. The number of aryl methyl sites for hydroxylation is 1. The largest absolute Gasteiger partial charge is 0.321 e. The van der Waals surface area contributed by atoms with Crippen LogP contribution in [0.15, 0.2) is 22.7 Å². The van der Waals surface area contributed by atoms with Crippen molar-refractivity contribution in [2.75, 3.05) is 5.32 Å². The Balaban J connectivity index is 2.82. The van der Waals surface area contributed by atoms with Gasteiger partial charge in [0.1, 0.15) is 0 Å². The summed E-state index contributed by atoms with van der Waals surface area (Å²) in [6.45, 7) is 1.73. The minimum atomic E-state index is -2.99. The van der Waals surface area contributed by atoms with Crippen molar-refractivity contribution in [2.24, 2.45) is 0 Å². The molecule has 1 amide bonds. The smallest absolute Gasteiger partial charge is 0.315 e. The number of anilines is 1. The van der Waals surface area contributed by atoms with E-state index in [4.69, 9.17) is 0 Å². The summed E-state index contributed by atoms with van der Waals surface area (Å²) < 4.78 is 24.6. The van der Waals surface area contributed by atoms with Gasteiger partial charge in [-0.25, -0.2) is 0 Å². The maximum absolute atomic E-state index is 11.9. The van der Waals surface area contributed by atoms with E-state index in [1.165, 1.54) is 0 Å². The number of hydrogen-bond donors (Lipinski definition) is 1. The quantitative estimate of drug-likeness (QED) is 0.874. The van der Waals surface area contributed by atoms with E-state index in [-0.39, 0.29) is 0 Å². The molecule has 0 spiro atoms. The molecule has 0 saturated carbocycles. The molecule has 0 heterocycles. The zero-order valence-electron chi connectivity index (χ0n) is 7.35. The molecule has 1 N–H and O–H groups in total. The third-order valence-electron chi connectivity index (χ3n) is 1.64. The minimum Gasteiger partial charge on any atom is -0.321 e. The molecule has 76 valence electrons. The van der Waals surface area contributed by atoms with Gasteiger partial charge >= 0.3 is 6.43 Å². The highest BCUT2D eigenvalue weighted by Gasteiger charge is 2.15. The van der Waals surface area contributed by atoms with Crippen LogP contribution in [-0.4, -0.2) is 12.3 Å². The number of carbonyl (C=O) groups is 1. The van der Waals surface area contributed by atoms with Crippen LogP contribution >= 0.6 is 15.9 Å². The molecule has 0 atom stereocenters. The second-order valence-corrected chi connectivity index (χ2v) is 3.66. The molecule has 0 saturated heterocycles. The lowest BCUT2D eigenvalue weighted by atomic mass is 10.2. The number of benzene rings is 1. The van der Waals surface area contributed by atoms with Gasteiger partial charge in [0, 0.05) is 10.2 Å². The van der Waals surface area contributed by atoms with E-state index in [1.807, 2.05) is 0 Å². The average Bonchev–Trinajstić information content (AvgIpc) is 2.09. The summed E-state index contributed by atoms with van der Waals surface area (Å²) in [7, 11) is 0. The summed E-state index contributed by atoms with van der Waals surface area (Å²) in [4.78, 5) is 10.7. The predicted molar refractivity (Wildman–Crippen MR) is 53.5 cm³/mol. The lowest BCUT2D eigenvalue weighted by Gasteiger charge is -2.07. The Morgan fingerprint density at radius 2 is 2.14 bits per heavy atom. The number of amides is 1. The topological polar surface area (TPSA) is 29.1 Å². The molecule has 1 rings (SSSR count). The van der Waals surface area contributed by atoms with E-state index in [2.05, 4.69) is 21.2 Å². The second kappa shape index (κ2) is 4.50. The van der Waals surface area contributed by atoms with Crippen molar-refractivity contribution in [2.45, 2.75) is 13.3 Å². The molecule has 0 radical (unpaired) electrons. The SMILES string of the molecule is Cc1cc(Br)ccc1NC(=O)C(F)F. The molecule has 0 aromatic heterocycles. The highest BCUT2D eigenvalue weighted by atomic mass is 79.9. The minimum absolute atomic E-state index is 0.401. The van der Waals surface area contributed by atoms with E-state index in [1.54, 1.807) is 25.1 Å². The Hall–Kier alpha value is -0.970. The molecule has 5 heteroatoms.